The molecule has 1 aromatic carbocycles. The summed E-state index contributed by atoms with van der Waals surface area (Å²) in [5.41, 5.74) is 2.09. The van der Waals surface area contributed by atoms with Crippen molar-refractivity contribution in [1.29, 1.82) is 0 Å². The molecule has 5 nitrogen and oxygen atoms in total. The molecule has 0 aliphatic rings. The third-order valence-corrected chi connectivity index (χ3v) is 4.79. The third kappa shape index (κ3) is 3.60. The van der Waals surface area contributed by atoms with Gasteiger partial charge in [-0.1, -0.05) is 0 Å². The lowest BCUT2D eigenvalue weighted by atomic mass is 10.2. The van der Waals surface area contributed by atoms with Crippen molar-refractivity contribution in [2.45, 2.75) is 19.5 Å². The fourth-order valence-corrected chi connectivity index (χ4v) is 3.30. The monoisotopic (exact) mass is 345 g/mol. The van der Waals surface area contributed by atoms with Crippen molar-refractivity contribution in [3.63, 3.8) is 0 Å². The van der Waals surface area contributed by atoms with Crippen LogP contribution in [0.2, 0.25) is 0 Å². The molecule has 0 spiro atoms. The average molecular weight is 345 g/mol. The summed E-state index contributed by atoms with van der Waals surface area (Å²) in [6, 6.07) is 10.0. The zero-order valence-electron chi connectivity index (χ0n) is 14.0. The van der Waals surface area contributed by atoms with Crippen molar-refractivity contribution in [2.75, 3.05) is 14.2 Å². The van der Waals surface area contributed by atoms with Crippen molar-refractivity contribution in [1.82, 2.24) is 4.98 Å². The molecule has 6 heteroatoms. The van der Waals surface area contributed by atoms with Gasteiger partial charge in [-0.2, -0.15) is 0 Å². The van der Waals surface area contributed by atoms with E-state index in [9.17, 15) is 0 Å². The Bertz CT molecular complexity index is 783. The predicted octanol–water partition coefficient (Wildman–Crippen LogP) is 3.24. The van der Waals surface area contributed by atoms with E-state index in [1.807, 2.05) is 30.3 Å². The summed E-state index contributed by atoms with van der Waals surface area (Å²) in [6.07, 6.45) is 1.71. The smallest absolute Gasteiger partial charge is 0.161 e. The van der Waals surface area contributed by atoms with Crippen molar-refractivity contribution in [3.05, 3.63) is 53.4 Å². The van der Waals surface area contributed by atoms with Gasteiger partial charge in [0, 0.05) is 10.9 Å². The summed E-state index contributed by atoms with van der Waals surface area (Å²) in [4.78, 5) is 4.72. The van der Waals surface area contributed by atoms with Crippen LogP contribution in [-0.4, -0.2) is 19.2 Å². The molecule has 3 rings (SSSR count). The fourth-order valence-electron chi connectivity index (χ4n) is 2.47. The molecule has 2 heterocycles. The van der Waals surface area contributed by atoms with Gasteiger partial charge in [-0.05, 0) is 37.3 Å². The van der Waals surface area contributed by atoms with Crippen LogP contribution in [0.5, 0.6) is 11.5 Å². The topological polar surface area (TPSA) is 61.1 Å². The molecule has 2 aromatic heterocycles. The number of hydrogen-bond acceptors (Lipinski definition) is 5. The standard InChI is InChI=1S/C18H20N2O3S/c1-12(15-5-4-8-23-15)19-10-14-11-24-18(20-14)13-6-7-16(21-2)17(9-13)22-3/h4-9,11-12,19H,10H2,1-3H3/p+1/t12-/m0/s1. The number of thiazole rings is 1. The van der Waals surface area contributed by atoms with E-state index in [2.05, 4.69) is 17.6 Å². The molecule has 126 valence electrons. The number of quaternary nitrogens is 1. The lowest BCUT2D eigenvalue weighted by Crippen LogP contribution is -2.83. The van der Waals surface area contributed by atoms with Crippen LogP contribution in [0.4, 0.5) is 0 Å². The first-order valence-corrected chi connectivity index (χ1v) is 8.62. The minimum absolute atomic E-state index is 0.270. The Labute approximate surface area is 145 Å². The lowest BCUT2D eigenvalue weighted by molar-refractivity contribution is -0.710. The van der Waals surface area contributed by atoms with E-state index in [0.29, 0.717) is 5.75 Å². The molecule has 0 radical (unpaired) electrons. The van der Waals surface area contributed by atoms with Gasteiger partial charge in [-0.3, -0.25) is 0 Å². The average Bonchev–Trinajstić information content (AvgIpc) is 3.30. The summed E-state index contributed by atoms with van der Waals surface area (Å²) in [7, 11) is 3.27. The van der Waals surface area contributed by atoms with E-state index in [1.165, 1.54) is 0 Å². The van der Waals surface area contributed by atoms with Crippen LogP contribution >= 0.6 is 11.3 Å². The number of aromatic nitrogens is 1. The molecule has 0 amide bonds. The Balaban J connectivity index is 1.69. The van der Waals surface area contributed by atoms with Gasteiger partial charge in [0.15, 0.2) is 17.3 Å². The van der Waals surface area contributed by atoms with Crippen LogP contribution in [-0.2, 0) is 6.54 Å². The molecule has 24 heavy (non-hydrogen) atoms. The Morgan fingerprint density at radius 1 is 1.21 bits per heavy atom. The SMILES string of the molecule is COc1ccc(-c2nc(C[NH2+][C@@H](C)c3ccco3)cs2)cc1OC. The number of methoxy groups -OCH3 is 2. The molecule has 0 bridgehead atoms. The van der Waals surface area contributed by atoms with Crippen molar-refractivity contribution >= 4 is 11.3 Å². The Morgan fingerprint density at radius 2 is 2.04 bits per heavy atom. The Hall–Kier alpha value is -2.31. The van der Waals surface area contributed by atoms with E-state index in [4.69, 9.17) is 18.9 Å². The number of furan rings is 1. The Kier molecular flexibility index (Phi) is 5.17. The van der Waals surface area contributed by atoms with E-state index in [1.54, 1.807) is 31.8 Å². The van der Waals surface area contributed by atoms with Crippen LogP contribution in [0.1, 0.15) is 24.4 Å². The lowest BCUT2D eigenvalue weighted by Gasteiger charge is -2.08. The van der Waals surface area contributed by atoms with Crippen LogP contribution in [0.15, 0.2) is 46.4 Å². The largest absolute Gasteiger partial charge is 0.493 e. The number of hydrogen-bond donors (Lipinski definition) is 1. The van der Waals surface area contributed by atoms with Gasteiger partial charge in [0.1, 0.15) is 23.3 Å². The van der Waals surface area contributed by atoms with Crippen LogP contribution in [0.3, 0.4) is 0 Å². The quantitative estimate of drug-likeness (QED) is 0.714. The number of benzene rings is 1. The minimum Gasteiger partial charge on any atom is -0.493 e. The van der Waals surface area contributed by atoms with Gasteiger partial charge in [0.05, 0.1) is 20.5 Å². The number of nitrogens with two attached hydrogens (primary N) is 1. The summed E-state index contributed by atoms with van der Waals surface area (Å²) in [5, 5.41) is 5.29. The van der Waals surface area contributed by atoms with E-state index < -0.39 is 0 Å². The molecule has 0 fully saturated rings. The van der Waals surface area contributed by atoms with Crippen LogP contribution in [0, 0.1) is 0 Å². The first-order chi connectivity index (χ1) is 11.7. The maximum absolute atomic E-state index is 5.43. The number of rotatable bonds is 7. The second kappa shape index (κ2) is 7.51. The van der Waals surface area contributed by atoms with Gasteiger partial charge in [-0.15, -0.1) is 11.3 Å². The summed E-state index contributed by atoms with van der Waals surface area (Å²) >= 11 is 1.63. The van der Waals surface area contributed by atoms with Crippen molar-refractivity contribution < 1.29 is 19.2 Å². The predicted molar refractivity (Wildman–Crippen MR) is 93.4 cm³/mol. The second-order valence-electron chi connectivity index (χ2n) is 5.46. The summed E-state index contributed by atoms with van der Waals surface area (Å²) < 4.78 is 16.1. The third-order valence-electron chi connectivity index (χ3n) is 3.85. The molecule has 0 saturated heterocycles. The van der Waals surface area contributed by atoms with Gasteiger partial charge in [-0.25, -0.2) is 4.98 Å². The van der Waals surface area contributed by atoms with Gasteiger partial charge >= 0.3 is 0 Å². The van der Waals surface area contributed by atoms with Gasteiger partial charge in [0.25, 0.3) is 0 Å². The maximum atomic E-state index is 5.43. The second-order valence-corrected chi connectivity index (χ2v) is 6.32. The van der Waals surface area contributed by atoms with Crippen molar-refractivity contribution in [3.8, 4) is 22.1 Å². The highest BCUT2D eigenvalue weighted by molar-refractivity contribution is 7.13. The highest BCUT2D eigenvalue weighted by Crippen LogP contribution is 2.33. The van der Waals surface area contributed by atoms with Gasteiger partial charge < -0.3 is 19.2 Å². The molecular formula is C18H21N2O3S+. The van der Waals surface area contributed by atoms with Crippen molar-refractivity contribution in [2.24, 2.45) is 0 Å². The molecular weight excluding hydrogens is 324 g/mol. The normalized spacial score (nSPS) is 12.1. The zero-order chi connectivity index (χ0) is 16.9. The molecule has 0 unspecified atom stereocenters. The fraction of sp³-hybridized carbons (Fsp3) is 0.278. The molecule has 0 saturated carbocycles. The van der Waals surface area contributed by atoms with Gasteiger partial charge in [0.2, 0.25) is 0 Å². The van der Waals surface area contributed by atoms with E-state index in [0.717, 1.165) is 34.3 Å². The molecule has 0 aliphatic heterocycles. The molecule has 0 aliphatic carbocycles. The Morgan fingerprint density at radius 3 is 2.75 bits per heavy atom. The highest BCUT2D eigenvalue weighted by atomic mass is 32.1. The van der Waals surface area contributed by atoms with E-state index in [-0.39, 0.29) is 6.04 Å². The van der Waals surface area contributed by atoms with Crippen LogP contribution in [0.25, 0.3) is 10.6 Å². The minimum atomic E-state index is 0.270. The van der Waals surface area contributed by atoms with E-state index >= 15 is 0 Å². The summed E-state index contributed by atoms with van der Waals surface area (Å²) in [6.45, 7) is 2.94. The first kappa shape index (κ1) is 16.5. The number of ether oxygens (including phenoxy) is 2. The first-order valence-electron chi connectivity index (χ1n) is 7.74. The molecule has 1 atom stereocenters. The maximum Gasteiger partial charge on any atom is 0.161 e. The molecule has 3 aromatic rings. The highest BCUT2D eigenvalue weighted by Gasteiger charge is 2.14. The zero-order valence-corrected chi connectivity index (χ0v) is 14.8. The summed E-state index contributed by atoms with van der Waals surface area (Å²) in [5.74, 6) is 2.41. The number of nitrogens with zero attached hydrogens (tertiary/aromatic N) is 1. The van der Waals surface area contributed by atoms with Crippen LogP contribution < -0.4 is 14.8 Å². The molecule has 2 N–H and O–H groups in total.